The fraction of sp³-hybridized carbons (Fsp3) is 0.538. The summed E-state index contributed by atoms with van der Waals surface area (Å²) in [4.78, 5) is 0. The molecule has 2 nitrogen and oxygen atoms in total. The van der Waals surface area contributed by atoms with Gasteiger partial charge in [0, 0.05) is 6.04 Å². The zero-order chi connectivity index (χ0) is 11.3. The van der Waals surface area contributed by atoms with Crippen LogP contribution in [-0.2, 0) is 6.42 Å². The molecule has 0 bridgehead atoms. The van der Waals surface area contributed by atoms with Crippen molar-refractivity contribution in [2.45, 2.75) is 39.7 Å². The summed E-state index contributed by atoms with van der Waals surface area (Å²) in [6, 6.07) is 8.95. The number of benzene rings is 1. The van der Waals surface area contributed by atoms with Gasteiger partial charge < -0.3 is 0 Å². The molecule has 0 aliphatic rings. The Morgan fingerprint density at radius 2 is 1.93 bits per heavy atom. The minimum atomic E-state index is 0.407. The first kappa shape index (κ1) is 12.2. The summed E-state index contributed by atoms with van der Waals surface area (Å²) in [6.45, 7) is 6.56. The van der Waals surface area contributed by atoms with Gasteiger partial charge in [0.25, 0.3) is 0 Å². The first-order chi connectivity index (χ1) is 7.15. The van der Waals surface area contributed by atoms with Gasteiger partial charge in [0.1, 0.15) is 0 Å². The van der Waals surface area contributed by atoms with Crippen LogP contribution in [0.5, 0.6) is 0 Å². The van der Waals surface area contributed by atoms with Crippen LogP contribution in [0.4, 0.5) is 0 Å². The molecule has 1 rings (SSSR count). The minimum Gasteiger partial charge on any atom is -0.271 e. The van der Waals surface area contributed by atoms with Crippen molar-refractivity contribution in [1.29, 1.82) is 0 Å². The van der Waals surface area contributed by atoms with Crippen LogP contribution >= 0.6 is 0 Å². The standard InChI is InChI=1S/C13H22N2/c1-10(2)13(15-14)9-8-12-7-5-4-6-11(12)3/h4-7,10,13,15H,8-9,14H2,1-3H3. The van der Waals surface area contributed by atoms with E-state index in [2.05, 4.69) is 50.5 Å². The Labute approximate surface area is 92.8 Å². The Kier molecular flexibility index (Phi) is 4.79. The van der Waals surface area contributed by atoms with E-state index in [-0.39, 0.29) is 0 Å². The highest BCUT2D eigenvalue weighted by molar-refractivity contribution is 5.25. The van der Waals surface area contributed by atoms with E-state index in [1.165, 1.54) is 11.1 Å². The SMILES string of the molecule is Cc1ccccc1CCC(NN)C(C)C. The predicted octanol–water partition coefficient (Wildman–Crippen LogP) is 2.42. The lowest BCUT2D eigenvalue weighted by molar-refractivity contribution is 0.384. The third kappa shape index (κ3) is 3.65. The highest BCUT2D eigenvalue weighted by atomic mass is 15.2. The molecule has 1 aromatic rings. The zero-order valence-corrected chi connectivity index (χ0v) is 9.96. The maximum absolute atomic E-state index is 5.53. The average molecular weight is 206 g/mol. The Bertz CT molecular complexity index is 294. The van der Waals surface area contributed by atoms with Crippen molar-refractivity contribution >= 4 is 0 Å². The van der Waals surface area contributed by atoms with Crippen LogP contribution in [0.25, 0.3) is 0 Å². The van der Waals surface area contributed by atoms with E-state index in [0.29, 0.717) is 12.0 Å². The Hall–Kier alpha value is -0.860. The van der Waals surface area contributed by atoms with Crippen molar-refractivity contribution < 1.29 is 0 Å². The molecule has 2 heteroatoms. The quantitative estimate of drug-likeness (QED) is 0.573. The van der Waals surface area contributed by atoms with Crippen LogP contribution in [0, 0.1) is 12.8 Å². The van der Waals surface area contributed by atoms with Crippen LogP contribution in [-0.4, -0.2) is 6.04 Å². The van der Waals surface area contributed by atoms with Crippen molar-refractivity contribution in [2.24, 2.45) is 11.8 Å². The number of nitrogens with two attached hydrogens (primary N) is 1. The molecule has 0 aliphatic heterocycles. The number of aryl methyl sites for hydroxylation is 2. The van der Waals surface area contributed by atoms with E-state index < -0.39 is 0 Å². The summed E-state index contributed by atoms with van der Waals surface area (Å²) < 4.78 is 0. The van der Waals surface area contributed by atoms with Gasteiger partial charge in [-0.15, -0.1) is 0 Å². The molecule has 0 aromatic heterocycles. The monoisotopic (exact) mass is 206 g/mol. The number of nitrogens with one attached hydrogen (secondary N) is 1. The molecule has 15 heavy (non-hydrogen) atoms. The predicted molar refractivity (Wildman–Crippen MR) is 65.4 cm³/mol. The smallest absolute Gasteiger partial charge is 0.0236 e. The van der Waals surface area contributed by atoms with Gasteiger partial charge in [0.2, 0.25) is 0 Å². The van der Waals surface area contributed by atoms with Gasteiger partial charge in [-0.3, -0.25) is 11.3 Å². The molecule has 1 aromatic carbocycles. The van der Waals surface area contributed by atoms with E-state index in [1.54, 1.807) is 0 Å². The van der Waals surface area contributed by atoms with Crippen LogP contribution in [0.1, 0.15) is 31.4 Å². The molecular weight excluding hydrogens is 184 g/mol. The van der Waals surface area contributed by atoms with Crippen molar-refractivity contribution in [1.82, 2.24) is 5.43 Å². The molecule has 0 saturated carbocycles. The fourth-order valence-corrected chi connectivity index (χ4v) is 1.81. The van der Waals surface area contributed by atoms with Gasteiger partial charge in [-0.1, -0.05) is 38.1 Å². The van der Waals surface area contributed by atoms with Gasteiger partial charge in [0.05, 0.1) is 0 Å². The van der Waals surface area contributed by atoms with Gasteiger partial charge in [-0.25, -0.2) is 0 Å². The Balaban J connectivity index is 2.53. The van der Waals surface area contributed by atoms with Crippen molar-refractivity contribution in [3.8, 4) is 0 Å². The van der Waals surface area contributed by atoms with Crippen molar-refractivity contribution in [2.75, 3.05) is 0 Å². The lowest BCUT2D eigenvalue weighted by Crippen LogP contribution is -2.39. The average Bonchev–Trinajstić information content (AvgIpc) is 2.21. The van der Waals surface area contributed by atoms with E-state index in [4.69, 9.17) is 5.84 Å². The first-order valence-corrected chi connectivity index (χ1v) is 5.65. The van der Waals surface area contributed by atoms with E-state index in [0.717, 1.165) is 12.8 Å². The van der Waals surface area contributed by atoms with Crippen LogP contribution in [0.3, 0.4) is 0 Å². The highest BCUT2D eigenvalue weighted by Gasteiger charge is 2.11. The molecule has 0 amide bonds. The number of hydrogen-bond donors (Lipinski definition) is 2. The maximum Gasteiger partial charge on any atom is 0.0236 e. The summed E-state index contributed by atoms with van der Waals surface area (Å²) in [7, 11) is 0. The second kappa shape index (κ2) is 5.89. The summed E-state index contributed by atoms with van der Waals surface area (Å²) >= 11 is 0. The van der Waals surface area contributed by atoms with Crippen molar-refractivity contribution in [3.63, 3.8) is 0 Å². The van der Waals surface area contributed by atoms with Gasteiger partial charge in [0.15, 0.2) is 0 Å². The third-order valence-electron chi connectivity index (χ3n) is 3.00. The van der Waals surface area contributed by atoms with Gasteiger partial charge in [-0.05, 0) is 36.8 Å². The van der Waals surface area contributed by atoms with Gasteiger partial charge >= 0.3 is 0 Å². The molecule has 0 spiro atoms. The van der Waals surface area contributed by atoms with Crippen LogP contribution in [0.15, 0.2) is 24.3 Å². The molecule has 84 valence electrons. The zero-order valence-electron chi connectivity index (χ0n) is 9.96. The topological polar surface area (TPSA) is 38.0 Å². The molecule has 0 radical (unpaired) electrons. The van der Waals surface area contributed by atoms with Crippen molar-refractivity contribution in [3.05, 3.63) is 35.4 Å². The lowest BCUT2D eigenvalue weighted by atomic mass is 9.95. The normalized spacial score (nSPS) is 13.1. The second-order valence-corrected chi connectivity index (χ2v) is 4.48. The molecule has 0 aliphatic carbocycles. The number of hydrogen-bond acceptors (Lipinski definition) is 2. The Morgan fingerprint density at radius 1 is 1.27 bits per heavy atom. The minimum absolute atomic E-state index is 0.407. The largest absolute Gasteiger partial charge is 0.271 e. The van der Waals surface area contributed by atoms with Crippen LogP contribution < -0.4 is 11.3 Å². The summed E-state index contributed by atoms with van der Waals surface area (Å²) in [5.74, 6) is 6.11. The van der Waals surface area contributed by atoms with Crippen LogP contribution in [0.2, 0.25) is 0 Å². The van der Waals surface area contributed by atoms with Gasteiger partial charge in [-0.2, -0.15) is 0 Å². The summed E-state index contributed by atoms with van der Waals surface area (Å²) in [6.07, 6.45) is 2.19. The first-order valence-electron chi connectivity index (χ1n) is 5.65. The molecule has 0 saturated heterocycles. The molecule has 3 N–H and O–H groups in total. The van der Waals surface area contributed by atoms with E-state index in [9.17, 15) is 0 Å². The number of rotatable bonds is 5. The molecule has 1 unspecified atom stereocenters. The molecular formula is C13H22N2. The summed E-state index contributed by atoms with van der Waals surface area (Å²) in [5.41, 5.74) is 5.69. The van der Waals surface area contributed by atoms with E-state index in [1.807, 2.05) is 0 Å². The lowest BCUT2D eigenvalue weighted by Gasteiger charge is -2.20. The summed E-state index contributed by atoms with van der Waals surface area (Å²) in [5, 5.41) is 0. The molecule has 1 atom stereocenters. The van der Waals surface area contributed by atoms with E-state index >= 15 is 0 Å². The molecule has 0 heterocycles. The molecule has 0 fully saturated rings. The third-order valence-corrected chi connectivity index (χ3v) is 3.00. The fourth-order valence-electron chi connectivity index (χ4n) is 1.81. The number of hydrazine groups is 1. The highest BCUT2D eigenvalue weighted by Crippen LogP contribution is 2.13. The maximum atomic E-state index is 5.53. The Morgan fingerprint density at radius 3 is 2.47 bits per heavy atom. The second-order valence-electron chi connectivity index (χ2n) is 4.48.